The summed E-state index contributed by atoms with van der Waals surface area (Å²) in [5, 5.41) is 0.577. The van der Waals surface area contributed by atoms with E-state index in [9.17, 15) is 4.79 Å². The minimum absolute atomic E-state index is 0.274. The van der Waals surface area contributed by atoms with E-state index >= 15 is 0 Å². The van der Waals surface area contributed by atoms with Crippen LogP contribution in [0, 0.1) is 0 Å². The number of amides is 1. The monoisotopic (exact) mass is 266 g/mol. The number of nitrogen functional groups attached to an aromatic ring is 1. The second-order valence-electron chi connectivity index (χ2n) is 4.80. The normalized spacial score (nSPS) is 23.4. The van der Waals surface area contributed by atoms with E-state index in [4.69, 9.17) is 17.3 Å². The van der Waals surface area contributed by atoms with Crippen LogP contribution >= 0.6 is 11.6 Å². The molecule has 2 N–H and O–H groups in total. The Hall–Kier alpha value is -1.49. The number of anilines is 2. The van der Waals surface area contributed by atoms with Gasteiger partial charge in [-0.05, 0) is 12.5 Å². The molecule has 0 bridgehead atoms. The lowest BCUT2D eigenvalue weighted by atomic mass is 10.1. The lowest BCUT2D eigenvalue weighted by Gasteiger charge is -2.38. The third kappa shape index (κ3) is 1.88. The Balaban J connectivity index is 1.80. The molecule has 18 heavy (non-hydrogen) atoms. The molecule has 0 radical (unpaired) electrons. The molecule has 96 valence electrons. The van der Waals surface area contributed by atoms with Crippen molar-refractivity contribution >= 4 is 29.0 Å². The average molecular weight is 267 g/mol. The summed E-state index contributed by atoms with van der Waals surface area (Å²) in [4.78, 5) is 20.0. The van der Waals surface area contributed by atoms with Gasteiger partial charge in [0.25, 0.3) is 0 Å². The molecule has 2 aliphatic heterocycles. The van der Waals surface area contributed by atoms with Crippen LogP contribution < -0.4 is 10.6 Å². The third-order valence-corrected chi connectivity index (χ3v) is 3.92. The zero-order valence-corrected chi connectivity index (χ0v) is 10.7. The van der Waals surface area contributed by atoms with Crippen LogP contribution in [-0.2, 0) is 4.79 Å². The molecule has 2 aliphatic rings. The van der Waals surface area contributed by atoms with E-state index in [0.29, 0.717) is 23.2 Å². The number of pyridine rings is 1. The molecule has 1 atom stereocenters. The number of carbonyl (C=O) groups is 1. The first-order valence-electron chi connectivity index (χ1n) is 6.10. The van der Waals surface area contributed by atoms with Gasteiger partial charge in [-0.3, -0.25) is 4.79 Å². The largest absolute Gasteiger partial charge is 0.397 e. The molecule has 5 nitrogen and oxygen atoms in total. The minimum Gasteiger partial charge on any atom is -0.397 e. The van der Waals surface area contributed by atoms with E-state index < -0.39 is 0 Å². The van der Waals surface area contributed by atoms with Gasteiger partial charge in [0.1, 0.15) is 5.82 Å². The SMILES string of the molecule is Nc1cnc(N2CCN3C(=O)CCC3C2)c(Cl)c1. The summed E-state index contributed by atoms with van der Waals surface area (Å²) < 4.78 is 0. The first-order valence-corrected chi connectivity index (χ1v) is 6.48. The Morgan fingerprint density at radius 3 is 3.06 bits per heavy atom. The maximum Gasteiger partial charge on any atom is 0.223 e. The van der Waals surface area contributed by atoms with Crippen molar-refractivity contribution in [2.45, 2.75) is 18.9 Å². The van der Waals surface area contributed by atoms with Crippen LogP contribution in [0.2, 0.25) is 5.02 Å². The minimum atomic E-state index is 0.274. The predicted octanol–water partition coefficient (Wildman–Crippen LogP) is 1.13. The van der Waals surface area contributed by atoms with Crippen LogP contribution in [-0.4, -0.2) is 41.5 Å². The van der Waals surface area contributed by atoms with E-state index in [0.717, 1.165) is 31.9 Å². The Bertz CT molecular complexity index is 493. The molecule has 1 aromatic rings. The summed E-state index contributed by atoms with van der Waals surface area (Å²) in [5.41, 5.74) is 6.21. The number of carbonyl (C=O) groups excluding carboxylic acids is 1. The van der Waals surface area contributed by atoms with Gasteiger partial charge >= 0.3 is 0 Å². The number of halogens is 1. The molecule has 6 heteroatoms. The molecule has 0 aliphatic carbocycles. The van der Waals surface area contributed by atoms with Gasteiger partial charge in [-0.1, -0.05) is 11.6 Å². The molecule has 0 spiro atoms. The molecule has 3 rings (SSSR count). The third-order valence-electron chi connectivity index (χ3n) is 3.64. The van der Waals surface area contributed by atoms with Crippen LogP contribution in [0.3, 0.4) is 0 Å². The number of hydrogen-bond donors (Lipinski definition) is 1. The molecule has 1 aromatic heterocycles. The Morgan fingerprint density at radius 2 is 2.28 bits per heavy atom. The van der Waals surface area contributed by atoms with Crippen LogP contribution in [0.15, 0.2) is 12.3 Å². The molecular weight excluding hydrogens is 252 g/mol. The molecule has 2 fully saturated rings. The highest BCUT2D eigenvalue weighted by atomic mass is 35.5. The maximum absolute atomic E-state index is 11.6. The molecule has 1 amide bonds. The summed E-state index contributed by atoms with van der Waals surface area (Å²) in [7, 11) is 0. The van der Waals surface area contributed by atoms with Crippen molar-refractivity contribution in [3.8, 4) is 0 Å². The second kappa shape index (κ2) is 4.31. The van der Waals surface area contributed by atoms with Crippen LogP contribution in [0.25, 0.3) is 0 Å². The fourth-order valence-corrected chi connectivity index (χ4v) is 3.03. The van der Waals surface area contributed by atoms with Gasteiger partial charge in [0, 0.05) is 32.1 Å². The fraction of sp³-hybridized carbons (Fsp3) is 0.500. The topological polar surface area (TPSA) is 62.5 Å². The second-order valence-corrected chi connectivity index (χ2v) is 5.21. The molecule has 1 unspecified atom stereocenters. The summed E-state index contributed by atoms with van der Waals surface area (Å²) in [6.45, 7) is 2.34. The van der Waals surface area contributed by atoms with E-state index in [1.54, 1.807) is 12.3 Å². The van der Waals surface area contributed by atoms with Gasteiger partial charge in [-0.2, -0.15) is 0 Å². The zero-order valence-electron chi connectivity index (χ0n) is 9.97. The fourth-order valence-electron chi connectivity index (χ4n) is 2.73. The maximum atomic E-state index is 11.6. The van der Waals surface area contributed by atoms with E-state index in [1.165, 1.54) is 0 Å². The summed E-state index contributed by atoms with van der Waals surface area (Å²) in [6, 6.07) is 2.03. The molecule has 0 saturated carbocycles. The zero-order chi connectivity index (χ0) is 12.7. The summed E-state index contributed by atoms with van der Waals surface area (Å²) in [6.07, 6.45) is 3.22. The number of rotatable bonds is 1. The quantitative estimate of drug-likeness (QED) is 0.828. The van der Waals surface area contributed by atoms with Gasteiger partial charge < -0.3 is 15.5 Å². The highest BCUT2D eigenvalue weighted by Gasteiger charge is 2.36. The first kappa shape index (κ1) is 11.6. The number of nitrogens with zero attached hydrogens (tertiary/aromatic N) is 3. The molecule has 3 heterocycles. The Labute approximate surface area is 111 Å². The summed E-state index contributed by atoms with van der Waals surface area (Å²) in [5.74, 6) is 1.04. The van der Waals surface area contributed by atoms with Crippen molar-refractivity contribution in [1.82, 2.24) is 9.88 Å². The summed E-state index contributed by atoms with van der Waals surface area (Å²) >= 11 is 6.17. The standard InChI is InChI=1S/C12H15ClN4O/c13-10-5-8(14)6-15-12(10)16-3-4-17-9(7-16)1-2-11(17)18/h5-6,9H,1-4,7,14H2. The van der Waals surface area contributed by atoms with Crippen LogP contribution in [0.1, 0.15) is 12.8 Å². The first-order chi connectivity index (χ1) is 8.65. The lowest BCUT2D eigenvalue weighted by molar-refractivity contribution is -0.129. The number of nitrogens with two attached hydrogens (primary N) is 1. The predicted molar refractivity (Wildman–Crippen MR) is 70.6 cm³/mol. The Kier molecular flexibility index (Phi) is 2.78. The van der Waals surface area contributed by atoms with Gasteiger partial charge in [0.2, 0.25) is 5.91 Å². The van der Waals surface area contributed by atoms with E-state index in [-0.39, 0.29) is 5.91 Å². The van der Waals surface area contributed by atoms with Gasteiger partial charge in [-0.15, -0.1) is 0 Å². The number of fused-ring (bicyclic) bond motifs is 1. The molecule has 0 aromatic carbocycles. The smallest absolute Gasteiger partial charge is 0.223 e. The highest BCUT2D eigenvalue weighted by Crippen LogP contribution is 2.30. The highest BCUT2D eigenvalue weighted by molar-refractivity contribution is 6.33. The van der Waals surface area contributed by atoms with Gasteiger partial charge in [0.15, 0.2) is 0 Å². The van der Waals surface area contributed by atoms with Crippen molar-refractivity contribution < 1.29 is 4.79 Å². The lowest BCUT2D eigenvalue weighted by Crippen LogP contribution is -2.51. The van der Waals surface area contributed by atoms with Crippen molar-refractivity contribution in [2.75, 3.05) is 30.3 Å². The number of aromatic nitrogens is 1. The molecular formula is C12H15ClN4O. The van der Waals surface area contributed by atoms with Gasteiger partial charge in [0.05, 0.1) is 16.9 Å². The van der Waals surface area contributed by atoms with E-state index in [1.807, 2.05) is 4.90 Å². The van der Waals surface area contributed by atoms with Crippen molar-refractivity contribution in [3.05, 3.63) is 17.3 Å². The van der Waals surface area contributed by atoms with Crippen molar-refractivity contribution in [2.24, 2.45) is 0 Å². The Morgan fingerprint density at radius 1 is 1.44 bits per heavy atom. The van der Waals surface area contributed by atoms with Crippen molar-refractivity contribution in [1.29, 1.82) is 0 Å². The van der Waals surface area contributed by atoms with Crippen molar-refractivity contribution in [3.63, 3.8) is 0 Å². The average Bonchev–Trinajstić information content (AvgIpc) is 2.71. The number of piperazine rings is 1. The van der Waals surface area contributed by atoms with Gasteiger partial charge in [-0.25, -0.2) is 4.98 Å². The number of hydrogen-bond acceptors (Lipinski definition) is 4. The van der Waals surface area contributed by atoms with E-state index in [2.05, 4.69) is 9.88 Å². The molecule has 2 saturated heterocycles. The van der Waals surface area contributed by atoms with Crippen LogP contribution in [0.4, 0.5) is 11.5 Å². The van der Waals surface area contributed by atoms with Crippen LogP contribution in [0.5, 0.6) is 0 Å².